The monoisotopic (exact) mass is 640 g/mol. The summed E-state index contributed by atoms with van der Waals surface area (Å²) in [5.41, 5.74) is -1.36. The van der Waals surface area contributed by atoms with Crippen LogP contribution in [0, 0.1) is 11.8 Å². The van der Waals surface area contributed by atoms with Crippen molar-refractivity contribution in [3.63, 3.8) is 0 Å². The minimum Gasteiger partial charge on any atom is -0.395 e. The maximum absolute atomic E-state index is 14.1. The number of rotatable bonds is 16. The zero-order valence-electron chi connectivity index (χ0n) is 25.7. The Labute approximate surface area is 257 Å². The van der Waals surface area contributed by atoms with Crippen molar-refractivity contribution in [3.8, 4) is 11.5 Å². The van der Waals surface area contributed by atoms with Crippen LogP contribution >= 0.6 is 0 Å². The normalized spacial score (nSPS) is 16.2. The molecule has 0 saturated heterocycles. The number of fused-ring (bicyclic) bond motifs is 1. The molecule has 0 aromatic heterocycles. The van der Waals surface area contributed by atoms with Gasteiger partial charge in [0.1, 0.15) is 5.72 Å². The van der Waals surface area contributed by atoms with E-state index < -0.39 is 27.8 Å². The number of nitrogens with zero attached hydrogens (tertiary/aromatic N) is 2. The van der Waals surface area contributed by atoms with E-state index in [1.165, 1.54) is 0 Å². The molecule has 2 atom stereocenters. The van der Waals surface area contributed by atoms with Crippen LogP contribution in [-0.2, 0) is 26.0 Å². The van der Waals surface area contributed by atoms with Crippen molar-refractivity contribution < 1.29 is 41.4 Å². The molecule has 1 aliphatic rings. The molecule has 1 heterocycles. The van der Waals surface area contributed by atoms with Gasteiger partial charge in [0.25, 0.3) is 0 Å². The Bertz CT molecular complexity index is 1390. The molecular weight excluding hydrogens is 598 g/mol. The first kappa shape index (κ1) is 35.2. The van der Waals surface area contributed by atoms with Gasteiger partial charge in [0, 0.05) is 45.0 Å². The van der Waals surface area contributed by atoms with Gasteiger partial charge in [0.2, 0.25) is 21.8 Å². The maximum atomic E-state index is 14.1. The standard InChI is InChI=1S/C30H42F2N4O7S/c1-21(2)19-36(44(40,41)24-11-12-25-26(16-24)43-30(31,32)42-25)29(39,17-23-9-7-6-8-10-23)13-14-33-27(37)15-22(3)18-34-28(38)20-35(4)5/h6-12,16,21-22,39H,13-15,17-20H2,1-5H3,(H,33,37)(H,34,38). The van der Waals surface area contributed by atoms with E-state index in [0.717, 1.165) is 22.5 Å². The highest BCUT2D eigenvalue weighted by molar-refractivity contribution is 7.89. The number of alkyl halides is 2. The van der Waals surface area contributed by atoms with E-state index in [4.69, 9.17) is 0 Å². The topological polar surface area (TPSA) is 138 Å². The number of carbonyl (C=O) groups excluding carboxylic acids is 2. The van der Waals surface area contributed by atoms with Crippen molar-refractivity contribution >= 4 is 21.8 Å². The Kier molecular flexibility index (Phi) is 11.7. The number of likely N-dealkylation sites (N-methyl/N-ethyl adjacent to an activating group) is 1. The van der Waals surface area contributed by atoms with E-state index in [1.807, 2.05) is 6.92 Å². The largest absolute Gasteiger partial charge is 0.586 e. The molecule has 0 saturated carbocycles. The Morgan fingerprint density at radius 1 is 1.00 bits per heavy atom. The predicted molar refractivity (Wildman–Crippen MR) is 159 cm³/mol. The molecule has 0 radical (unpaired) electrons. The second-order valence-electron chi connectivity index (χ2n) is 11.8. The molecule has 1 aliphatic heterocycles. The molecule has 3 rings (SSSR count). The first-order valence-electron chi connectivity index (χ1n) is 14.4. The van der Waals surface area contributed by atoms with Gasteiger partial charge in [-0.15, -0.1) is 8.78 Å². The average molecular weight is 641 g/mol. The van der Waals surface area contributed by atoms with Crippen molar-refractivity contribution in [3.05, 3.63) is 54.1 Å². The van der Waals surface area contributed by atoms with Crippen LogP contribution in [0.15, 0.2) is 53.4 Å². The maximum Gasteiger partial charge on any atom is 0.586 e. The summed E-state index contributed by atoms with van der Waals surface area (Å²) in [6, 6.07) is 12.0. The number of hydrogen-bond acceptors (Lipinski definition) is 8. The van der Waals surface area contributed by atoms with Gasteiger partial charge in [0.05, 0.1) is 11.4 Å². The van der Waals surface area contributed by atoms with Gasteiger partial charge in [-0.3, -0.25) is 9.59 Å². The van der Waals surface area contributed by atoms with E-state index in [9.17, 15) is 31.9 Å². The SMILES string of the molecule is CC(C)CN(C(O)(CCNC(=O)CC(C)CNC(=O)CN(C)C)Cc1ccccc1)S(=O)(=O)c1ccc2c(c1)OC(F)(F)O2. The molecule has 0 aliphatic carbocycles. The highest BCUT2D eigenvalue weighted by Crippen LogP contribution is 2.43. The van der Waals surface area contributed by atoms with Crippen molar-refractivity contribution in [1.82, 2.24) is 19.8 Å². The molecule has 0 bridgehead atoms. The minimum absolute atomic E-state index is 0.0562. The van der Waals surface area contributed by atoms with Gasteiger partial charge >= 0.3 is 6.29 Å². The lowest BCUT2D eigenvalue weighted by molar-refractivity contribution is -0.286. The summed E-state index contributed by atoms with van der Waals surface area (Å²) in [6.07, 6.45) is -4.10. The minimum atomic E-state index is -4.48. The lowest BCUT2D eigenvalue weighted by Crippen LogP contribution is -2.55. The van der Waals surface area contributed by atoms with Gasteiger partial charge in [-0.2, -0.15) is 4.31 Å². The summed E-state index contributed by atoms with van der Waals surface area (Å²) in [5, 5.41) is 17.7. The summed E-state index contributed by atoms with van der Waals surface area (Å²) in [7, 11) is -0.926. The zero-order chi connectivity index (χ0) is 32.7. The predicted octanol–water partition coefficient (Wildman–Crippen LogP) is 2.80. The summed E-state index contributed by atoms with van der Waals surface area (Å²) in [4.78, 5) is 26.0. The number of halogens is 2. The molecule has 3 N–H and O–H groups in total. The molecule has 0 spiro atoms. The molecule has 14 heteroatoms. The third-order valence-electron chi connectivity index (χ3n) is 6.77. The Balaban J connectivity index is 1.81. The van der Waals surface area contributed by atoms with Crippen LogP contribution in [0.2, 0.25) is 0 Å². The van der Waals surface area contributed by atoms with Crippen LogP contribution in [-0.4, -0.2) is 86.8 Å². The number of aliphatic hydroxyl groups is 1. The molecule has 0 fully saturated rings. The fraction of sp³-hybridized carbons (Fsp3) is 0.533. The number of ether oxygens (including phenoxy) is 2. The molecular formula is C30H42F2N4O7S. The van der Waals surface area contributed by atoms with Crippen LogP contribution in [0.4, 0.5) is 8.78 Å². The smallest absolute Gasteiger partial charge is 0.395 e. The van der Waals surface area contributed by atoms with Gasteiger partial charge in [-0.1, -0.05) is 51.1 Å². The zero-order valence-corrected chi connectivity index (χ0v) is 26.5. The number of carbonyl (C=O) groups is 2. The highest BCUT2D eigenvalue weighted by Gasteiger charge is 2.46. The summed E-state index contributed by atoms with van der Waals surface area (Å²) < 4.78 is 65.2. The molecule has 11 nitrogen and oxygen atoms in total. The molecule has 2 unspecified atom stereocenters. The second kappa shape index (κ2) is 14.6. The van der Waals surface area contributed by atoms with E-state index in [-0.39, 0.29) is 73.2 Å². The van der Waals surface area contributed by atoms with Crippen molar-refractivity contribution in [1.29, 1.82) is 0 Å². The van der Waals surface area contributed by atoms with Crippen molar-refractivity contribution in [2.24, 2.45) is 11.8 Å². The number of sulfonamides is 1. The number of amides is 2. The fourth-order valence-electron chi connectivity index (χ4n) is 4.76. The van der Waals surface area contributed by atoms with Gasteiger partial charge in [-0.25, -0.2) is 8.42 Å². The lowest BCUT2D eigenvalue weighted by atomic mass is 9.98. The summed E-state index contributed by atoms with van der Waals surface area (Å²) in [5.74, 6) is -1.62. The lowest BCUT2D eigenvalue weighted by Gasteiger charge is -2.40. The third kappa shape index (κ3) is 9.84. The van der Waals surface area contributed by atoms with Gasteiger partial charge < -0.3 is 30.1 Å². The second-order valence-corrected chi connectivity index (χ2v) is 13.7. The first-order valence-corrected chi connectivity index (χ1v) is 15.8. The van der Waals surface area contributed by atoms with E-state index >= 15 is 0 Å². The van der Waals surface area contributed by atoms with Crippen LogP contribution in [0.25, 0.3) is 0 Å². The van der Waals surface area contributed by atoms with E-state index in [2.05, 4.69) is 20.1 Å². The number of hydrogen-bond donors (Lipinski definition) is 3. The number of nitrogens with one attached hydrogen (secondary N) is 2. The van der Waals surface area contributed by atoms with Crippen LogP contribution < -0.4 is 20.1 Å². The van der Waals surface area contributed by atoms with Gasteiger partial charge in [0.15, 0.2) is 11.5 Å². The fourth-order valence-corrected chi connectivity index (χ4v) is 6.61. The van der Waals surface area contributed by atoms with E-state index in [0.29, 0.717) is 12.1 Å². The van der Waals surface area contributed by atoms with Crippen LogP contribution in [0.5, 0.6) is 11.5 Å². The van der Waals surface area contributed by atoms with Crippen LogP contribution in [0.1, 0.15) is 39.2 Å². The third-order valence-corrected chi connectivity index (χ3v) is 8.69. The van der Waals surface area contributed by atoms with Crippen LogP contribution in [0.3, 0.4) is 0 Å². The van der Waals surface area contributed by atoms with Crippen molar-refractivity contribution in [2.75, 3.05) is 40.3 Å². The molecule has 2 amide bonds. The van der Waals surface area contributed by atoms with E-state index in [1.54, 1.807) is 63.2 Å². The quantitative estimate of drug-likeness (QED) is 0.238. The molecule has 2 aromatic carbocycles. The highest BCUT2D eigenvalue weighted by atomic mass is 32.2. The summed E-state index contributed by atoms with van der Waals surface area (Å²) >= 11 is 0. The molecule has 244 valence electrons. The Morgan fingerprint density at radius 3 is 2.30 bits per heavy atom. The molecule has 2 aromatic rings. The van der Waals surface area contributed by atoms with Gasteiger partial charge in [-0.05, 0) is 43.6 Å². The average Bonchev–Trinajstić information content (AvgIpc) is 3.23. The Hall–Kier alpha value is -3.33. The molecule has 44 heavy (non-hydrogen) atoms. The Morgan fingerprint density at radius 2 is 1.66 bits per heavy atom. The van der Waals surface area contributed by atoms with Crippen molar-refractivity contribution in [2.45, 2.75) is 56.9 Å². The summed E-state index contributed by atoms with van der Waals surface area (Å²) in [6.45, 7) is 5.76. The number of benzene rings is 2. The first-order chi connectivity index (χ1) is 20.5.